The van der Waals surface area contributed by atoms with E-state index in [4.69, 9.17) is 10.5 Å². The van der Waals surface area contributed by atoms with E-state index in [0.29, 0.717) is 41.3 Å². The van der Waals surface area contributed by atoms with E-state index >= 15 is 0 Å². The van der Waals surface area contributed by atoms with Crippen molar-refractivity contribution in [3.63, 3.8) is 0 Å². The van der Waals surface area contributed by atoms with Gasteiger partial charge >= 0.3 is 0 Å². The van der Waals surface area contributed by atoms with Crippen LogP contribution >= 0.6 is 11.8 Å². The SMILES string of the molecule is COc1ccc(C)cc1NC(=O)CSc1nnc(CCC(N)=O)n1CC(C)C. The van der Waals surface area contributed by atoms with E-state index in [9.17, 15) is 9.59 Å². The molecule has 2 rings (SSSR count). The van der Waals surface area contributed by atoms with Gasteiger partial charge in [-0.25, -0.2) is 0 Å². The monoisotopic (exact) mass is 405 g/mol. The predicted molar refractivity (Wildman–Crippen MR) is 109 cm³/mol. The normalized spacial score (nSPS) is 10.9. The van der Waals surface area contributed by atoms with Gasteiger partial charge in [0, 0.05) is 19.4 Å². The minimum absolute atomic E-state index is 0.160. The number of methoxy groups -OCH3 is 1. The molecule has 3 N–H and O–H groups in total. The number of aryl methyl sites for hydroxylation is 2. The average molecular weight is 406 g/mol. The van der Waals surface area contributed by atoms with Crippen molar-refractivity contribution in [1.82, 2.24) is 14.8 Å². The molecular formula is C19H27N5O3S. The minimum atomic E-state index is -0.375. The molecule has 0 atom stereocenters. The van der Waals surface area contributed by atoms with Crippen LogP contribution in [-0.4, -0.2) is 39.4 Å². The first-order chi connectivity index (χ1) is 13.3. The number of anilines is 1. The summed E-state index contributed by atoms with van der Waals surface area (Å²) in [6.07, 6.45) is 0.650. The van der Waals surface area contributed by atoms with Gasteiger partial charge in [0.15, 0.2) is 5.16 Å². The van der Waals surface area contributed by atoms with Crippen molar-refractivity contribution < 1.29 is 14.3 Å². The first-order valence-electron chi connectivity index (χ1n) is 9.07. The lowest BCUT2D eigenvalue weighted by molar-refractivity contribution is -0.118. The van der Waals surface area contributed by atoms with Crippen LogP contribution in [0.3, 0.4) is 0 Å². The molecule has 2 amide bonds. The number of rotatable bonds is 10. The van der Waals surface area contributed by atoms with Gasteiger partial charge in [-0.15, -0.1) is 10.2 Å². The van der Waals surface area contributed by atoms with E-state index in [-0.39, 0.29) is 24.0 Å². The molecule has 0 bridgehead atoms. The Morgan fingerprint density at radius 2 is 2.07 bits per heavy atom. The molecule has 0 fully saturated rings. The first-order valence-corrected chi connectivity index (χ1v) is 10.1. The summed E-state index contributed by atoms with van der Waals surface area (Å²) in [5.74, 6) is 1.33. The van der Waals surface area contributed by atoms with Gasteiger partial charge in [0.2, 0.25) is 11.8 Å². The summed E-state index contributed by atoms with van der Waals surface area (Å²) in [6, 6.07) is 5.61. The lowest BCUT2D eigenvalue weighted by Crippen LogP contribution is -2.17. The third-order valence-electron chi connectivity index (χ3n) is 3.90. The van der Waals surface area contributed by atoms with Crippen molar-refractivity contribution in [3.8, 4) is 5.75 Å². The summed E-state index contributed by atoms with van der Waals surface area (Å²) in [7, 11) is 1.57. The van der Waals surface area contributed by atoms with Crippen molar-refractivity contribution in [2.24, 2.45) is 11.7 Å². The minimum Gasteiger partial charge on any atom is -0.495 e. The largest absolute Gasteiger partial charge is 0.495 e. The lowest BCUT2D eigenvalue weighted by Gasteiger charge is -2.13. The molecule has 9 heteroatoms. The van der Waals surface area contributed by atoms with Gasteiger partial charge in [0.1, 0.15) is 11.6 Å². The fourth-order valence-corrected chi connectivity index (χ4v) is 3.40. The van der Waals surface area contributed by atoms with Gasteiger partial charge in [-0.3, -0.25) is 9.59 Å². The van der Waals surface area contributed by atoms with Crippen molar-refractivity contribution in [2.45, 2.75) is 45.3 Å². The number of nitrogens with one attached hydrogen (secondary N) is 1. The molecule has 0 aliphatic rings. The molecule has 1 aromatic carbocycles. The molecular weight excluding hydrogens is 378 g/mol. The molecule has 152 valence electrons. The molecule has 28 heavy (non-hydrogen) atoms. The van der Waals surface area contributed by atoms with Crippen LogP contribution in [0.2, 0.25) is 0 Å². The molecule has 1 heterocycles. The van der Waals surface area contributed by atoms with Gasteiger partial charge in [-0.05, 0) is 30.5 Å². The van der Waals surface area contributed by atoms with Crippen molar-refractivity contribution >= 4 is 29.3 Å². The van der Waals surface area contributed by atoms with Crippen LogP contribution in [0.1, 0.15) is 31.7 Å². The van der Waals surface area contributed by atoms with Crippen molar-refractivity contribution in [2.75, 3.05) is 18.2 Å². The Labute approximate surface area is 169 Å². The van der Waals surface area contributed by atoms with Crippen LogP contribution in [0.5, 0.6) is 5.75 Å². The number of hydrogen-bond donors (Lipinski definition) is 2. The highest BCUT2D eigenvalue weighted by Crippen LogP contribution is 2.26. The Kier molecular flexibility index (Phi) is 7.86. The predicted octanol–water partition coefficient (Wildman–Crippen LogP) is 2.40. The molecule has 8 nitrogen and oxygen atoms in total. The second-order valence-electron chi connectivity index (χ2n) is 6.91. The lowest BCUT2D eigenvalue weighted by atomic mass is 10.2. The maximum Gasteiger partial charge on any atom is 0.234 e. The molecule has 0 unspecified atom stereocenters. The standard InChI is InChI=1S/C19H27N5O3S/c1-12(2)10-24-17(8-7-16(20)25)22-23-19(24)28-11-18(26)21-14-9-13(3)5-6-15(14)27-4/h5-6,9,12H,7-8,10-11H2,1-4H3,(H2,20,25)(H,21,26). The second-order valence-corrected chi connectivity index (χ2v) is 7.85. The number of primary amides is 1. The summed E-state index contributed by atoms with van der Waals surface area (Å²) in [5.41, 5.74) is 6.90. The van der Waals surface area contributed by atoms with Crippen molar-refractivity contribution in [1.29, 1.82) is 0 Å². The molecule has 0 spiro atoms. The Morgan fingerprint density at radius 3 is 2.71 bits per heavy atom. The first kappa shape index (κ1) is 21.7. The number of hydrogen-bond acceptors (Lipinski definition) is 6. The highest BCUT2D eigenvalue weighted by atomic mass is 32.2. The Bertz CT molecular complexity index is 835. The zero-order valence-corrected chi connectivity index (χ0v) is 17.5. The quantitative estimate of drug-likeness (QED) is 0.587. The van der Waals surface area contributed by atoms with E-state index in [1.165, 1.54) is 11.8 Å². The van der Waals surface area contributed by atoms with Crippen LogP contribution in [0.15, 0.2) is 23.4 Å². The molecule has 1 aromatic heterocycles. The molecule has 0 aliphatic heterocycles. The van der Waals surface area contributed by atoms with E-state index in [2.05, 4.69) is 29.4 Å². The molecule has 0 radical (unpaired) electrons. The highest BCUT2D eigenvalue weighted by molar-refractivity contribution is 7.99. The van der Waals surface area contributed by atoms with Crippen molar-refractivity contribution in [3.05, 3.63) is 29.6 Å². The summed E-state index contributed by atoms with van der Waals surface area (Å²) in [4.78, 5) is 23.5. The zero-order chi connectivity index (χ0) is 20.7. The summed E-state index contributed by atoms with van der Waals surface area (Å²) in [6.45, 7) is 6.83. The van der Waals surface area contributed by atoms with Crippen LogP contribution in [0.4, 0.5) is 5.69 Å². The third-order valence-corrected chi connectivity index (χ3v) is 4.86. The van der Waals surface area contributed by atoms with Gasteiger partial charge in [-0.1, -0.05) is 31.7 Å². The fraction of sp³-hybridized carbons (Fsp3) is 0.474. The summed E-state index contributed by atoms with van der Waals surface area (Å²) in [5, 5.41) is 11.9. The van der Waals surface area contributed by atoms with Crippen LogP contribution in [-0.2, 0) is 22.6 Å². The fourth-order valence-electron chi connectivity index (χ4n) is 2.63. The third kappa shape index (κ3) is 6.26. The smallest absolute Gasteiger partial charge is 0.234 e. The number of amides is 2. The van der Waals surface area contributed by atoms with Crippen LogP contribution in [0, 0.1) is 12.8 Å². The summed E-state index contributed by atoms with van der Waals surface area (Å²) < 4.78 is 7.25. The van der Waals surface area contributed by atoms with Gasteiger partial charge in [0.25, 0.3) is 0 Å². The van der Waals surface area contributed by atoms with E-state index in [1.54, 1.807) is 7.11 Å². The molecule has 0 saturated carbocycles. The second kappa shape index (κ2) is 10.1. The van der Waals surface area contributed by atoms with Crippen LogP contribution < -0.4 is 15.8 Å². The number of carbonyl (C=O) groups is 2. The maximum absolute atomic E-state index is 12.4. The molecule has 0 aliphatic carbocycles. The molecule has 2 aromatic rings. The van der Waals surface area contributed by atoms with Gasteiger partial charge in [-0.2, -0.15) is 0 Å². The number of benzene rings is 1. The summed E-state index contributed by atoms with van der Waals surface area (Å²) >= 11 is 1.31. The number of nitrogens with two attached hydrogens (primary N) is 1. The number of aromatic nitrogens is 3. The number of ether oxygens (including phenoxy) is 1. The number of carbonyl (C=O) groups excluding carboxylic acids is 2. The van der Waals surface area contributed by atoms with Gasteiger partial charge in [0.05, 0.1) is 18.6 Å². The topological polar surface area (TPSA) is 112 Å². The maximum atomic E-state index is 12.4. The van der Waals surface area contributed by atoms with Gasteiger partial charge < -0.3 is 20.4 Å². The van der Waals surface area contributed by atoms with Crippen LogP contribution in [0.25, 0.3) is 0 Å². The average Bonchev–Trinajstić information content (AvgIpc) is 2.99. The van der Waals surface area contributed by atoms with E-state index in [0.717, 1.165) is 5.56 Å². The number of thioether (sulfide) groups is 1. The number of nitrogens with zero attached hydrogens (tertiary/aromatic N) is 3. The van der Waals surface area contributed by atoms with E-state index < -0.39 is 0 Å². The zero-order valence-electron chi connectivity index (χ0n) is 16.7. The molecule has 0 saturated heterocycles. The van der Waals surface area contributed by atoms with E-state index in [1.807, 2.05) is 29.7 Å². The Morgan fingerprint density at radius 1 is 1.32 bits per heavy atom. The Balaban J connectivity index is 2.05. The highest BCUT2D eigenvalue weighted by Gasteiger charge is 2.16. The Hall–Kier alpha value is -2.55.